The van der Waals surface area contributed by atoms with Crippen LogP contribution in [0.3, 0.4) is 0 Å². The molecule has 0 saturated carbocycles. The van der Waals surface area contributed by atoms with Gasteiger partial charge >= 0.3 is 0 Å². The Hall–Kier alpha value is -1.71. The normalized spacial score (nSPS) is 11.2. The smallest absolute Gasteiger partial charge is 0.173 e. The molecule has 3 N–H and O–H groups in total. The molecule has 0 unspecified atom stereocenters. The fourth-order valence-electron chi connectivity index (χ4n) is 0.910. The maximum atomic E-state index is 8.42. The van der Waals surface area contributed by atoms with Gasteiger partial charge in [0.2, 0.25) is 0 Å². The Bertz CT molecular complexity index is 297. The van der Waals surface area contributed by atoms with Gasteiger partial charge < -0.3 is 15.7 Å². The van der Waals surface area contributed by atoms with Crippen LogP contribution in [0.1, 0.15) is 5.56 Å². The molecule has 0 fully saturated rings. The summed E-state index contributed by atoms with van der Waals surface area (Å²) in [4.78, 5) is 0. The molecule has 4 heteroatoms. The molecule has 4 nitrogen and oxygen atoms in total. The summed E-state index contributed by atoms with van der Waals surface area (Å²) >= 11 is 0. The second kappa shape index (κ2) is 3.61. The van der Waals surface area contributed by atoms with Gasteiger partial charge in [0.25, 0.3) is 0 Å². The largest absolute Gasteiger partial charge is 0.496 e. The van der Waals surface area contributed by atoms with E-state index in [0.29, 0.717) is 11.3 Å². The molecule has 0 atom stereocenters. The molecule has 0 spiro atoms. The predicted molar refractivity (Wildman–Crippen MR) is 45.5 cm³/mol. The van der Waals surface area contributed by atoms with E-state index >= 15 is 0 Å². The lowest BCUT2D eigenvalue weighted by Crippen LogP contribution is -2.14. The lowest BCUT2D eigenvalue weighted by molar-refractivity contribution is 0.318. The molecule has 64 valence electrons. The van der Waals surface area contributed by atoms with Crippen LogP contribution in [0.25, 0.3) is 0 Å². The Morgan fingerprint density at radius 3 is 2.75 bits per heavy atom. The Kier molecular flexibility index (Phi) is 2.53. The van der Waals surface area contributed by atoms with Crippen LogP contribution in [0.5, 0.6) is 5.75 Å². The van der Waals surface area contributed by atoms with Crippen LogP contribution in [-0.2, 0) is 0 Å². The number of rotatable bonds is 2. The Morgan fingerprint density at radius 2 is 2.17 bits per heavy atom. The Morgan fingerprint density at radius 1 is 1.50 bits per heavy atom. The number of nitrogens with zero attached hydrogens (tertiary/aromatic N) is 1. The van der Waals surface area contributed by atoms with Gasteiger partial charge in [0.1, 0.15) is 5.75 Å². The van der Waals surface area contributed by atoms with Crippen LogP contribution >= 0.6 is 0 Å². The number of ether oxygens (including phenoxy) is 1. The molecule has 0 saturated heterocycles. The second-order valence-corrected chi connectivity index (χ2v) is 2.19. The third-order valence-electron chi connectivity index (χ3n) is 1.49. The van der Waals surface area contributed by atoms with Gasteiger partial charge in [-0.1, -0.05) is 17.3 Å². The fourth-order valence-corrected chi connectivity index (χ4v) is 0.910. The first kappa shape index (κ1) is 8.39. The van der Waals surface area contributed by atoms with Crippen LogP contribution in [-0.4, -0.2) is 18.2 Å². The molecule has 1 aromatic rings. The summed E-state index contributed by atoms with van der Waals surface area (Å²) in [7, 11) is 1.53. The number of oxime groups is 1. The summed E-state index contributed by atoms with van der Waals surface area (Å²) in [6, 6.07) is 7.06. The van der Waals surface area contributed by atoms with Crippen molar-refractivity contribution >= 4 is 5.84 Å². The van der Waals surface area contributed by atoms with Crippen molar-refractivity contribution < 1.29 is 9.94 Å². The minimum atomic E-state index is 0.0486. The van der Waals surface area contributed by atoms with Crippen molar-refractivity contribution in [1.82, 2.24) is 0 Å². The summed E-state index contributed by atoms with van der Waals surface area (Å²) in [5, 5.41) is 11.3. The van der Waals surface area contributed by atoms with Crippen LogP contribution < -0.4 is 10.5 Å². The fraction of sp³-hybridized carbons (Fsp3) is 0.125. The number of benzene rings is 1. The summed E-state index contributed by atoms with van der Waals surface area (Å²) in [5.41, 5.74) is 5.98. The van der Waals surface area contributed by atoms with Crippen LogP contribution in [0.4, 0.5) is 0 Å². The van der Waals surface area contributed by atoms with E-state index < -0.39 is 0 Å². The topological polar surface area (TPSA) is 67.8 Å². The van der Waals surface area contributed by atoms with Gasteiger partial charge in [0.05, 0.1) is 12.7 Å². The predicted octanol–water partition coefficient (Wildman–Crippen LogP) is 0.790. The summed E-state index contributed by atoms with van der Waals surface area (Å²) in [6.07, 6.45) is 0. The molecular formula is C8H10N2O2. The van der Waals surface area contributed by atoms with Gasteiger partial charge in [-0.05, 0) is 12.1 Å². The first-order valence-electron chi connectivity index (χ1n) is 3.40. The highest BCUT2D eigenvalue weighted by Gasteiger charge is 2.04. The van der Waals surface area contributed by atoms with Crippen molar-refractivity contribution in [2.75, 3.05) is 7.11 Å². The Balaban J connectivity index is 3.13. The van der Waals surface area contributed by atoms with Crippen molar-refractivity contribution in [3.05, 3.63) is 29.8 Å². The van der Waals surface area contributed by atoms with E-state index in [1.165, 1.54) is 7.11 Å². The molecule has 0 aliphatic carbocycles. The maximum Gasteiger partial charge on any atom is 0.173 e. The van der Waals surface area contributed by atoms with Gasteiger partial charge in [-0.15, -0.1) is 0 Å². The SMILES string of the molecule is COc1ccccc1/C(N)=N\O. The first-order valence-corrected chi connectivity index (χ1v) is 3.40. The molecule has 1 aromatic carbocycles. The average molecular weight is 166 g/mol. The zero-order valence-corrected chi connectivity index (χ0v) is 6.69. The summed E-state index contributed by atoms with van der Waals surface area (Å²) in [5.74, 6) is 0.639. The van der Waals surface area contributed by atoms with E-state index in [9.17, 15) is 0 Å². The van der Waals surface area contributed by atoms with E-state index in [-0.39, 0.29) is 5.84 Å². The minimum absolute atomic E-state index is 0.0486. The average Bonchev–Trinajstić information content (AvgIpc) is 2.16. The highest BCUT2D eigenvalue weighted by Crippen LogP contribution is 2.16. The van der Waals surface area contributed by atoms with E-state index in [1.54, 1.807) is 18.2 Å². The number of amidine groups is 1. The Labute approximate surface area is 70.3 Å². The van der Waals surface area contributed by atoms with Crippen molar-refractivity contribution in [3.8, 4) is 5.75 Å². The molecule has 0 amide bonds. The quantitative estimate of drug-likeness (QED) is 0.295. The maximum absolute atomic E-state index is 8.42. The highest BCUT2D eigenvalue weighted by molar-refractivity contribution is 5.99. The molecule has 0 radical (unpaired) electrons. The summed E-state index contributed by atoms with van der Waals surface area (Å²) < 4.78 is 5.00. The molecule has 0 aliphatic rings. The number of para-hydroxylation sites is 1. The zero-order chi connectivity index (χ0) is 8.97. The van der Waals surface area contributed by atoms with Gasteiger partial charge in [-0.25, -0.2) is 0 Å². The minimum Gasteiger partial charge on any atom is -0.496 e. The zero-order valence-electron chi connectivity index (χ0n) is 6.69. The number of nitrogens with two attached hydrogens (primary N) is 1. The molecule has 0 aliphatic heterocycles. The number of hydrogen-bond donors (Lipinski definition) is 2. The third-order valence-corrected chi connectivity index (χ3v) is 1.49. The molecule has 1 rings (SSSR count). The van der Waals surface area contributed by atoms with Crippen molar-refractivity contribution in [2.45, 2.75) is 0 Å². The lowest BCUT2D eigenvalue weighted by atomic mass is 10.2. The van der Waals surface area contributed by atoms with Gasteiger partial charge in [0, 0.05) is 0 Å². The van der Waals surface area contributed by atoms with Crippen molar-refractivity contribution in [3.63, 3.8) is 0 Å². The van der Waals surface area contributed by atoms with Crippen molar-refractivity contribution in [2.24, 2.45) is 10.9 Å². The lowest BCUT2D eigenvalue weighted by Gasteiger charge is -2.04. The van der Waals surface area contributed by atoms with E-state index in [1.807, 2.05) is 6.07 Å². The molecule has 12 heavy (non-hydrogen) atoms. The number of hydrogen-bond acceptors (Lipinski definition) is 3. The van der Waals surface area contributed by atoms with Crippen LogP contribution in [0.15, 0.2) is 29.4 Å². The van der Waals surface area contributed by atoms with Crippen LogP contribution in [0, 0.1) is 0 Å². The first-order chi connectivity index (χ1) is 5.79. The molecule has 0 heterocycles. The molecule has 0 bridgehead atoms. The standard InChI is InChI=1S/C8H10N2O2/c1-12-7-5-3-2-4-6(7)8(9)10-11/h2-5,11H,1H3,(H2,9,10). The van der Waals surface area contributed by atoms with E-state index in [0.717, 1.165) is 0 Å². The van der Waals surface area contributed by atoms with E-state index in [4.69, 9.17) is 15.7 Å². The van der Waals surface area contributed by atoms with Gasteiger partial charge in [-0.2, -0.15) is 0 Å². The summed E-state index contributed by atoms with van der Waals surface area (Å²) in [6.45, 7) is 0. The molecular weight excluding hydrogens is 156 g/mol. The highest BCUT2D eigenvalue weighted by atomic mass is 16.5. The second-order valence-electron chi connectivity index (χ2n) is 2.19. The van der Waals surface area contributed by atoms with Gasteiger partial charge in [-0.3, -0.25) is 0 Å². The van der Waals surface area contributed by atoms with E-state index in [2.05, 4.69) is 5.16 Å². The molecule has 0 aromatic heterocycles. The monoisotopic (exact) mass is 166 g/mol. The number of methoxy groups -OCH3 is 1. The van der Waals surface area contributed by atoms with Crippen molar-refractivity contribution in [1.29, 1.82) is 0 Å². The van der Waals surface area contributed by atoms with Gasteiger partial charge in [0.15, 0.2) is 5.84 Å². The van der Waals surface area contributed by atoms with Crippen LogP contribution in [0.2, 0.25) is 0 Å². The third kappa shape index (κ3) is 1.47.